The first-order chi connectivity index (χ1) is 17.8. The van der Waals surface area contributed by atoms with Gasteiger partial charge in [0.05, 0.1) is 21.9 Å². The number of imide groups is 1. The molecule has 4 aliphatic rings. The Kier molecular flexibility index (Phi) is 5.77. The molecule has 7 rings (SSSR count). The predicted molar refractivity (Wildman–Crippen MR) is 136 cm³/mol. The third-order valence-corrected chi connectivity index (χ3v) is 8.13. The van der Waals surface area contributed by atoms with Crippen LogP contribution in [0.4, 0.5) is 5.69 Å². The molecule has 3 aromatic carbocycles. The van der Waals surface area contributed by atoms with Gasteiger partial charge in [-0.05, 0) is 40.5 Å². The maximum atomic E-state index is 13.5. The summed E-state index contributed by atoms with van der Waals surface area (Å²) in [7, 11) is 0. The van der Waals surface area contributed by atoms with Crippen LogP contribution in [0.25, 0.3) is 0 Å². The van der Waals surface area contributed by atoms with Gasteiger partial charge in [0.1, 0.15) is 6.54 Å². The largest absolute Gasteiger partial charge is 0.454 e. The van der Waals surface area contributed by atoms with Crippen molar-refractivity contribution in [3.8, 4) is 0 Å². The van der Waals surface area contributed by atoms with Crippen molar-refractivity contribution in [1.82, 2.24) is 4.90 Å². The topological polar surface area (TPSA) is 92.8 Å². The number of nitrogens with zero attached hydrogens (tertiary/aromatic N) is 1. The molecule has 2 atom stereocenters. The quantitative estimate of drug-likeness (QED) is 0.387. The molecule has 3 aliphatic carbocycles. The van der Waals surface area contributed by atoms with E-state index in [2.05, 4.69) is 5.32 Å². The molecule has 3 amide bonds. The highest BCUT2D eigenvalue weighted by Crippen LogP contribution is 2.60. The Bertz CT molecular complexity index is 1370. The molecule has 0 aromatic heterocycles. The molecule has 0 saturated carbocycles. The SMILES string of the molecule is O=C(COC(=O)CN1C(=O)[C@@H]2C3c4ccccc4C(c4ccccc43)[C@H]2C1=O)Nc1ccc(Cl)c(Cl)c1. The molecule has 1 heterocycles. The number of hydrogen-bond acceptors (Lipinski definition) is 5. The molecule has 9 heteroatoms. The van der Waals surface area contributed by atoms with Crippen molar-refractivity contribution in [2.24, 2.45) is 11.8 Å². The number of carbonyl (C=O) groups excluding carboxylic acids is 4. The van der Waals surface area contributed by atoms with Crippen molar-refractivity contribution in [2.75, 3.05) is 18.5 Å². The van der Waals surface area contributed by atoms with Crippen LogP contribution in [0.2, 0.25) is 10.0 Å². The molecule has 1 N–H and O–H groups in total. The van der Waals surface area contributed by atoms with Crippen LogP contribution in [0.5, 0.6) is 0 Å². The first-order valence-electron chi connectivity index (χ1n) is 11.8. The van der Waals surface area contributed by atoms with Crippen LogP contribution in [0.1, 0.15) is 34.1 Å². The molecular weight excluding hydrogens is 515 g/mol. The Labute approximate surface area is 222 Å². The monoisotopic (exact) mass is 534 g/mol. The van der Waals surface area contributed by atoms with E-state index in [0.29, 0.717) is 10.7 Å². The molecular formula is C28H20Cl2N2O5. The molecule has 0 spiro atoms. The third-order valence-electron chi connectivity index (χ3n) is 7.39. The summed E-state index contributed by atoms with van der Waals surface area (Å²) in [6.45, 7) is -1.12. The fourth-order valence-electron chi connectivity index (χ4n) is 5.99. The lowest BCUT2D eigenvalue weighted by atomic mass is 9.55. The second kappa shape index (κ2) is 9.01. The van der Waals surface area contributed by atoms with Crippen LogP contribution in [0.3, 0.4) is 0 Å². The van der Waals surface area contributed by atoms with Crippen LogP contribution in [-0.4, -0.2) is 41.7 Å². The van der Waals surface area contributed by atoms with E-state index in [1.54, 1.807) is 6.07 Å². The number of amides is 3. The maximum absolute atomic E-state index is 13.5. The van der Waals surface area contributed by atoms with E-state index in [1.807, 2.05) is 48.5 Å². The van der Waals surface area contributed by atoms with Crippen molar-refractivity contribution < 1.29 is 23.9 Å². The Morgan fingerprint density at radius 2 is 1.30 bits per heavy atom. The molecule has 2 bridgehead atoms. The summed E-state index contributed by atoms with van der Waals surface area (Å²) in [5.74, 6) is -3.86. The smallest absolute Gasteiger partial charge is 0.326 e. The average Bonchev–Trinajstić information content (AvgIpc) is 3.15. The molecule has 1 aliphatic heterocycles. The summed E-state index contributed by atoms with van der Waals surface area (Å²) >= 11 is 11.8. The molecule has 0 unspecified atom stereocenters. The lowest BCUT2D eigenvalue weighted by Crippen LogP contribution is -2.41. The van der Waals surface area contributed by atoms with Crippen LogP contribution in [0, 0.1) is 11.8 Å². The van der Waals surface area contributed by atoms with Gasteiger partial charge in [0, 0.05) is 17.5 Å². The second-order valence-corrected chi connectivity index (χ2v) is 10.2. The van der Waals surface area contributed by atoms with Crippen LogP contribution >= 0.6 is 23.2 Å². The Balaban J connectivity index is 1.17. The zero-order valence-corrected chi connectivity index (χ0v) is 20.8. The van der Waals surface area contributed by atoms with Crippen molar-refractivity contribution >= 4 is 52.6 Å². The predicted octanol–water partition coefficient (Wildman–Crippen LogP) is 4.37. The van der Waals surface area contributed by atoms with Gasteiger partial charge < -0.3 is 10.1 Å². The summed E-state index contributed by atoms with van der Waals surface area (Å²) in [5, 5.41) is 3.16. The summed E-state index contributed by atoms with van der Waals surface area (Å²) in [6, 6.07) is 20.4. The highest BCUT2D eigenvalue weighted by molar-refractivity contribution is 6.42. The van der Waals surface area contributed by atoms with Gasteiger partial charge in [0.25, 0.3) is 5.91 Å². The molecule has 7 nitrogen and oxygen atoms in total. The van der Waals surface area contributed by atoms with E-state index in [1.165, 1.54) is 12.1 Å². The molecule has 1 saturated heterocycles. The minimum Gasteiger partial charge on any atom is -0.454 e. The highest BCUT2D eigenvalue weighted by Gasteiger charge is 2.61. The normalized spacial score (nSPS) is 22.8. The van der Waals surface area contributed by atoms with E-state index in [9.17, 15) is 19.2 Å². The number of hydrogen-bond donors (Lipinski definition) is 1. The zero-order valence-electron chi connectivity index (χ0n) is 19.3. The summed E-state index contributed by atoms with van der Waals surface area (Å²) in [5.41, 5.74) is 4.60. The van der Waals surface area contributed by atoms with Crippen LogP contribution in [-0.2, 0) is 23.9 Å². The summed E-state index contributed by atoms with van der Waals surface area (Å²) < 4.78 is 5.08. The number of carbonyl (C=O) groups is 4. The lowest BCUT2D eigenvalue weighted by molar-refractivity contribution is -0.154. The average molecular weight is 535 g/mol. The van der Waals surface area contributed by atoms with Gasteiger partial charge in [0.15, 0.2) is 6.61 Å². The first-order valence-corrected chi connectivity index (χ1v) is 12.5. The highest BCUT2D eigenvalue weighted by atomic mass is 35.5. The number of rotatable bonds is 5. The van der Waals surface area contributed by atoms with Crippen LogP contribution < -0.4 is 5.32 Å². The van der Waals surface area contributed by atoms with Gasteiger partial charge in [-0.3, -0.25) is 24.1 Å². The van der Waals surface area contributed by atoms with Gasteiger partial charge in [-0.15, -0.1) is 0 Å². The number of anilines is 1. The fourth-order valence-corrected chi connectivity index (χ4v) is 6.28. The van der Waals surface area contributed by atoms with Gasteiger partial charge in [-0.1, -0.05) is 71.7 Å². The molecule has 186 valence electrons. The zero-order chi connectivity index (χ0) is 25.8. The minimum absolute atomic E-state index is 0.253. The van der Waals surface area contributed by atoms with Gasteiger partial charge in [-0.2, -0.15) is 0 Å². The van der Waals surface area contributed by atoms with Crippen molar-refractivity contribution in [1.29, 1.82) is 0 Å². The fraction of sp³-hybridized carbons (Fsp3) is 0.214. The lowest BCUT2D eigenvalue weighted by Gasteiger charge is -2.45. The van der Waals surface area contributed by atoms with Gasteiger partial charge in [-0.25, -0.2) is 0 Å². The number of halogens is 2. The number of nitrogens with one attached hydrogen (secondary N) is 1. The van der Waals surface area contributed by atoms with E-state index < -0.39 is 36.9 Å². The minimum atomic E-state index is -0.841. The Morgan fingerprint density at radius 3 is 1.78 bits per heavy atom. The third kappa shape index (κ3) is 3.81. The van der Waals surface area contributed by atoms with Crippen molar-refractivity contribution in [3.05, 3.63) is 99.0 Å². The van der Waals surface area contributed by atoms with Crippen molar-refractivity contribution in [3.63, 3.8) is 0 Å². The van der Waals surface area contributed by atoms with E-state index in [0.717, 1.165) is 27.2 Å². The number of likely N-dealkylation sites (tertiary alicyclic amines) is 1. The second-order valence-electron chi connectivity index (χ2n) is 9.37. The Hall–Kier alpha value is -3.68. The summed E-state index contributed by atoms with van der Waals surface area (Å²) in [4.78, 5) is 52.8. The molecule has 3 aromatic rings. The first kappa shape index (κ1) is 23.7. The number of ether oxygens (including phenoxy) is 1. The molecule has 1 fully saturated rings. The molecule has 0 radical (unpaired) electrons. The van der Waals surface area contributed by atoms with Crippen molar-refractivity contribution in [2.45, 2.75) is 11.8 Å². The number of benzene rings is 3. The summed E-state index contributed by atoms with van der Waals surface area (Å²) in [6.07, 6.45) is 0. The van der Waals surface area contributed by atoms with E-state index in [-0.39, 0.29) is 28.7 Å². The van der Waals surface area contributed by atoms with E-state index in [4.69, 9.17) is 27.9 Å². The van der Waals surface area contributed by atoms with Gasteiger partial charge in [0.2, 0.25) is 11.8 Å². The van der Waals surface area contributed by atoms with Crippen LogP contribution in [0.15, 0.2) is 66.7 Å². The van der Waals surface area contributed by atoms with E-state index >= 15 is 0 Å². The standard InChI is InChI=1S/C28H20Cl2N2O5/c29-19-10-9-14(11-20(19)30)31-21(33)13-37-22(34)12-32-27(35)25-23-15-5-1-2-6-16(15)24(26(25)28(32)36)18-8-4-3-7-17(18)23/h1-11,23-26H,12-13H2,(H,31,33)/t23?,24?,25-,26-/m1/s1. The Morgan fingerprint density at radius 1 is 0.784 bits per heavy atom. The maximum Gasteiger partial charge on any atom is 0.326 e. The number of esters is 1. The molecule has 37 heavy (non-hydrogen) atoms. The van der Waals surface area contributed by atoms with Gasteiger partial charge >= 0.3 is 5.97 Å².